The van der Waals surface area contributed by atoms with Gasteiger partial charge < -0.3 is 28.7 Å². The van der Waals surface area contributed by atoms with Gasteiger partial charge in [0.05, 0.1) is 38.0 Å². The Morgan fingerprint density at radius 1 is 0.762 bits per heavy atom. The van der Waals surface area contributed by atoms with E-state index >= 15 is 0 Å². The van der Waals surface area contributed by atoms with Gasteiger partial charge in [0.15, 0.2) is 11.5 Å². The number of halogens is 2. The zero-order valence-corrected chi connectivity index (χ0v) is 25.6. The summed E-state index contributed by atoms with van der Waals surface area (Å²) in [5.41, 5.74) is 2.71. The van der Waals surface area contributed by atoms with Gasteiger partial charge in [0, 0.05) is 37.8 Å². The molecule has 1 aliphatic heterocycles. The van der Waals surface area contributed by atoms with Gasteiger partial charge in [-0.3, -0.25) is 9.59 Å². The molecule has 0 aromatic heterocycles. The van der Waals surface area contributed by atoms with Gasteiger partial charge in [0.2, 0.25) is 11.7 Å². The van der Waals surface area contributed by atoms with E-state index in [0.29, 0.717) is 71.2 Å². The summed E-state index contributed by atoms with van der Waals surface area (Å²) in [7, 11) is 4.52. The average Bonchev–Trinajstić information content (AvgIpc) is 3.03. The molecule has 222 valence electrons. The maximum Gasteiger partial charge on any atom is 0.254 e. The van der Waals surface area contributed by atoms with E-state index in [4.69, 9.17) is 42.1 Å². The predicted molar refractivity (Wildman–Crippen MR) is 164 cm³/mol. The Morgan fingerprint density at radius 3 is 1.90 bits per heavy atom. The average molecular weight is 614 g/mol. The fourth-order valence-corrected chi connectivity index (χ4v) is 4.98. The number of piperazine rings is 1. The molecule has 0 spiro atoms. The third kappa shape index (κ3) is 7.12. The van der Waals surface area contributed by atoms with Crippen molar-refractivity contribution in [2.75, 3.05) is 54.1 Å². The Hall–Kier alpha value is -3.88. The molecule has 1 saturated heterocycles. The Kier molecular flexibility index (Phi) is 10.6. The Bertz CT molecular complexity index is 1420. The Labute approximate surface area is 256 Å². The van der Waals surface area contributed by atoms with Crippen molar-refractivity contribution in [2.45, 2.75) is 13.3 Å². The molecule has 1 aliphatic rings. The summed E-state index contributed by atoms with van der Waals surface area (Å²) in [6.07, 6.45) is 2.52. The molecule has 8 nitrogen and oxygen atoms in total. The number of hydrogen-bond acceptors (Lipinski definition) is 6. The van der Waals surface area contributed by atoms with Crippen molar-refractivity contribution in [3.05, 3.63) is 87.4 Å². The van der Waals surface area contributed by atoms with Crippen LogP contribution in [0.1, 0.15) is 34.8 Å². The van der Waals surface area contributed by atoms with E-state index in [0.717, 1.165) is 23.3 Å². The molecule has 3 aromatic rings. The van der Waals surface area contributed by atoms with Gasteiger partial charge in [-0.1, -0.05) is 48.3 Å². The number of hydrogen-bond donors (Lipinski definition) is 0. The van der Waals surface area contributed by atoms with Crippen LogP contribution in [0, 0.1) is 0 Å². The van der Waals surface area contributed by atoms with Gasteiger partial charge in [0.25, 0.3) is 5.91 Å². The Morgan fingerprint density at radius 2 is 1.36 bits per heavy atom. The maximum absolute atomic E-state index is 13.5. The predicted octanol–water partition coefficient (Wildman–Crippen LogP) is 6.22. The van der Waals surface area contributed by atoms with E-state index in [-0.39, 0.29) is 11.8 Å². The van der Waals surface area contributed by atoms with Crippen LogP contribution in [0.3, 0.4) is 0 Å². The molecule has 0 N–H and O–H groups in total. The van der Waals surface area contributed by atoms with Gasteiger partial charge in [-0.15, -0.1) is 0 Å². The van der Waals surface area contributed by atoms with Crippen molar-refractivity contribution in [1.82, 2.24) is 9.80 Å². The van der Waals surface area contributed by atoms with Crippen molar-refractivity contribution in [2.24, 2.45) is 0 Å². The van der Waals surface area contributed by atoms with Crippen molar-refractivity contribution < 1.29 is 28.5 Å². The number of rotatable bonds is 10. The van der Waals surface area contributed by atoms with E-state index in [1.165, 1.54) is 21.3 Å². The second-order valence-electron chi connectivity index (χ2n) is 9.59. The fourth-order valence-electron chi connectivity index (χ4n) is 4.68. The zero-order chi connectivity index (χ0) is 30.2. The number of nitrogens with zero attached hydrogens (tertiary/aromatic N) is 2. The molecule has 0 saturated carbocycles. The summed E-state index contributed by atoms with van der Waals surface area (Å²) in [6, 6.07) is 16.2. The fraction of sp³-hybridized carbons (Fsp3) is 0.312. The lowest BCUT2D eigenvalue weighted by atomic mass is 9.97. The first-order chi connectivity index (χ1) is 20.3. The molecule has 0 atom stereocenters. The van der Waals surface area contributed by atoms with Crippen LogP contribution in [0.25, 0.3) is 5.57 Å². The summed E-state index contributed by atoms with van der Waals surface area (Å²) >= 11 is 12.5. The molecule has 1 fully saturated rings. The van der Waals surface area contributed by atoms with Crippen molar-refractivity contribution >= 4 is 40.6 Å². The second kappa shape index (κ2) is 14.3. The van der Waals surface area contributed by atoms with Crippen LogP contribution in [0.2, 0.25) is 10.0 Å². The van der Waals surface area contributed by atoms with Crippen LogP contribution in [0.4, 0.5) is 0 Å². The molecule has 0 bridgehead atoms. The van der Waals surface area contributed by atoms with Gasteiger partial charge in [-0.05, 0) is 59.5 Å². The molecule has 42 heavy (non-hydrogen) atoms. The quantitative estimate of drug-likeness (QED) is 0.253. The third-order valence-electron chi connectivity index (χ3n) is 6.93. The lowest BCUT2D eigenvalue weighted by molar-refractivity contribution is -0.127. The van der Waals surface area contributed by atoms with E-state index < -0.39 is 0 Å². The van der Waals surface area contributed by atoms with Crippen LogP contribution < -0.4 is 18.9 Å². The van der Waals surface area contributed by atoms with Crippen LogP contribution >= 0.6 is 23.2 Å². The molecular weight excluding hydrogens is 579 g/mol. The number of methoxy groups -OCH3 is 3. The standard InChI is InChI=1S/C32H34Cl2N2O6/c1-5-16-42-24-9-6-21(7-10-24)25(22-8-11-26(33)27(34)17-22)20-30(37)35-12-14-36(15-13-35)32(38)23-18-28(39-2)31(41-4)29(19-23)40-3/h6-11,17-20H,5,12-16H2,1-4H3/b25-20-. The Balaban J connectivity index is 1.53. The molecule has 2 amide bonds. The molecule has 0 radical (unpaired) electrons. The SMILES string of the molecule is CCCOc1ccc(/C(=C/C(=O)N2CCN(C(=O)c3cc(OC)c(OC)c(OC)c3)CC2)c2ccc(Cl)c(Cl)c2)cc1. The van der Waals surface area contributed by atoms with Crippen LogP contribution in [-0.4, -0.2) is 75.7 Å². The summed E-state index contributed by atoms with van der Waals surface area (Å²) < 4.78 is 21.9. The molecule has 0 unspecified atom stereocenters. The number of carbonyl (C=O) groups excluding carboxylic acids is 2. The molecule has 0 aliphatic carbocycles. The molecule has 10 heteroatoms. The van der Waals surface area contributed by atoms with Crippen molar-refractivity contribution in [1.29, 1.82) is 0 Å². The highest BCUT2D eigenvalue weighted by atomic mass is 35.5. The lowest BCUT2D eigenvalue weighted by Crippen LogP contribution is -2.50. The van der Waals surface area contributed by atoms with Gasteiger partial charge in [-0.2, -0.15) is 0 Å². The minimum atomic E-state index is -0.182. The number of amides is 2. The van der Waals surface area contributed by atoms with Crippen molar-refractivity contribution in [3.8, 4) is 23.0 Å². The smallest absolute Gasteiger partial charge is 0.254 e. The zero-order valence-electron chi connectivity index (χ0n) is 24.1. The third-order valence-corrected chi connectivity index (χ3v) is 7.67. The van der Waals surface area contributed by atoms with Crippen LogP contribution in [0.5, 0.6) is 23.0 Å². The molecule has 4 rings (SSSR count). The van der Waals surface area contributed by atoms with Crippen molar-refractivity contribution in [3.63, 3.8) is 0 Å². The monoisotopic (exact) mass is 612 g/mol. The summed E-state index contributed by atoms with van der Waals surface area (Å²) in [5, 5.41) is 0.830. The minimum Gasteiger partial charge on any atom is -0.494 e. The first kappa shape index (κ1) is 31.1. The topological polar surface area (TPSA) is 77.5 Å². The van der Waals surface area contributed by atoms with Gasteiger partial charge in [0.1, 0.15) is 5.75 Å². The van der Waals surface area contributed by atoms with E-state index in [9.17, 15) is 9.59 Å². The normalized spacial score (nSPS) is 13.5. The highest BCUT2D eigenvalue weighted by molar-refractivity contribution is 6.42. The highest BCUT2D eigenvalue weighted by Gasteiger charge is 2.26. The molecule has 3 aromatic carbocycles. The van der Waals surface area contributed by atoms with Gasteiger partial charge >= 0.3 is 0 Å². The first-order valence-corrected chi connectivity index (χ1v) is 14.3. The number of benzene rings is 3. The molecular formula is C32H34Cl2N2O6. The number of ether oxygens (including phenoxy) is 4. The number of carbonyl (C=O) groups is 2. The lowest BCUT2D eigenvalue weighted by Gasteiger charge is -2.34. The minimum absolute atomic E-state index is 0.165. The van der Waals surface area contributed by atoms with E-state index in [2.05, 4.69) is 0 Å². The van der Waals surface area contributed by atoms with Gasteiger partial charge in [-0.25, -0.2) is 0 Å². The highest BCUT2D eigenvalue weighted by Crippen LogP contribution is 2.38. The summed E-state index contributed by atoms with van der Waals surface area (Å²) in [5.74, 6) is 1.63. The maximum atomic E-state index is 13.5. The van der Waals surface area contributed by atoms with E-state index in [1.54, 1.807) is 40.1 Å². The largest absolute Gasteiger partial charge is 0.494 e. The van der Waals surface area contributed by atoms with Crippen LogP contribution in [0.15, 0.2) is 60.7 Å². The first-order valence-electron chi connectivity index (χ1n) is 13.6. The summed E-state index contributed by atoms with van der Waals surface area (Å²) in [6.45, 7) is 4.19. The second-order valence-corrected chi connectivity index (χ2v) is 10.4. The summed E-state index contributed by atoms with van der Waals surface area (Å²) in [4.78, 5) is 30.3. The molecule has 1 heterocycles. The van der Waals surface area contributed by atoms with E-state index in [1.807, 2.05) is 37.3 Å². The van der Waals surface area contributed by atoms with Crippen LogP contribution in [-0.2, 0) is 4.79 Å².